The first-order valence-electron chi connectivity index (χ1n) is 3.35. The maximum absolute atomic E-state index is 2.32. The molecule has 0 rings (SSSR count). The van der Waals surface area contributed by atoms with Crippen LogP contribution < -0.4 is 0 Å². The molecule has 0 atom stereocenters. The molecule has 0 N–H and O–H groups in total. The van der Waals surface area contributed by atoms with Gasteiger partial charge in [-0.2, -0.15) is 0 Å². The molecule has 0 bridgehead atoms. The molecule has 0 fully saturated rings. The second kappa shape index (κ2) is 23.3. The maximum atomic E-state index is 2.32. The highest BCUT2D eigenvalue weighted by Gasteiger charge is 2.05. The molecule has 0 aliphatic carbocycles. The zero-order valence-corrected chi connectivity index (χ0v) is 17.8. The van der Waals surface area contributed by atoms with Gasteiger partial charge in [0.1, 0.15) is 0 Å². The minimum absolute atomic E-state index is 0. The van der Waals surface area contributed by atoms with E-state index >= 15 is 0 Å². The van der Waals surface area contributed by atoms with Crippen LogP contribution in [0.3, 0.4) is 0 Å². The molecule has 11 heavy (non-hydrogen) atoms. The van der Waals surface area contributed by atoms with Crippen LogP contribution in [-0.4, -0.2) is 14.1 Å². The van der Waals surface area contributed by atoms with Crippen LogP contribution in [0.25, 0.3) is 0 Å². The van der Waals surface area contributed by atoms with Crippen LogP contribution in [0, 0.1) is 0 Å². The summed E-state index contributed by atoms with van der Waals surface area (Å²) in [6.07, 6.45) is 0. The van der Waals surface area contributed by atoms with E-state index in [9.17, 15) is 0 Å². The Morgan fingerprint density at radius 1 is 0.636 bits per heavy atom. The molecule has 0 saturated carbocycles. The Hall–Kier alpha value is 3.45. The molecule has 0 spiro atoms. The molecule has 74 valence electrons. The Balaban J connectivity index is -0.0000000300. The van der Waals surface area contributed by atoms with Gasteiger partial charge >= 0.3 is 0 Å². The van der Waals surface area contributed by atoms with Gasteiger partial charge < -0.3 is 0 Å². The van der Waals surface area contributed by atoms with E-state index < -0.39 is 0 Å². The van der Waals surface area contributed by atoms with Crippen LogP contribution >= 0.6 is 95.9 Å². The quantitative estimate of drug-likeness (QED) is 0.306. The smallest absolute Gasteiger partial charge is 0.107 e. The van der Waals surface area contributed by atoms with Crippen LogP contribution in [-0.2, 0) is 0 Å². The van der Waals surface area contributed by atoms with Gasteiger partial charge in [-0.25, -0.2) is 0 Å². The van der Waals surface area contributed by atoms with Crippen molar-refractivity contribution in [3.8, 4) is 0 Å². The van der Waals surface area contributed by atoms with Gasteiger partial charge in [-0.1, -0.05) is 36.6 Å². The van der Waals surface area contributed by atoms with Gasteiger partial charge in [0.2, 0.25) is 0 Å². The fraction of sp³-hybridized carbons (Fsp3) is 1.00. The molecule has 0 aromatic rings. The molecule has 0 saturated heterocycles. The van der Waals surface area contributed by atoms with Gasteiger partial charge in [0.05, 0.1) is 0 Å². The van der Waals surface area contributed by atoms with Crippen molar-refractivity contribution in [3.63, 3.8) is 0 Å². The van der Waals surface area contributed by atoms with Crippen molar-refractivity contribution in [1.82, 2.24) is 0 Å². The highest BCUT2D eigenvalue weighted by molar-refractivity contribution is 14.0. The summed E-state index contributed by atoms with van der Waals surface area (Å²) in [6, 6.07) is 0. The Bertz CT molecular complexity index is 36.1. The van der Waals surface area contributed by atoms with Gasteiger partial charge in [0.25, 0.3) is 14.1 Å². The molecule has 0 nitrogen and oxygen atoms in total. The summed E-state index contributed by atoms with van der Waals surface area (Å²) >= 11 is -0.171. The molecule has 0 unspecified atom stereocenters. The lowest BCUT2D eigenvalue weighted by Crippen LogP contribution is -2.04. The summed E-state index contributed by atoms with van der Waals surface area (Å²) in [5, 5.41) is 4.48. The second-order valence-electron chi connectivity index (χ2n) is 2.09. The molecule has 0 aromatic carbocycles. The zero-order valence-electron chi connectivity index (χ0n) is 7.33. The molecule has 0 aromatic heterocycles. The first kappa shape index (κ1) is 29.3. The van der Waals surface area contributed by atoms with Gasteiger partial charge in [0.15, 0.2) is 0 Å². The summed E-state index contributed by atoms with van der Waals surface area (Å²) in [6.45, 7) is 6.97. The standard InChI is InChI=1S/3C2H5.Al.4HI/c3*1-2;;;;;/h3*1H2,2H3;;4*1H. The highest BCUT2D eigenvalue weighted by atomic mass is 127. The molecule has 5 heteroatoms. The molecule has 0 amide bonds. The van der Waals surface area contributed by atoms with Crippen LogP contribution in [0.15, 0.2) is 0 Å². The van der Waals surface area contributed by atoms with Crippen LogP contribution in [0.4, 0.5) is 0 Å². The number of rotatable bonds is 3. The van der Waals surface area contributed by atoms with Gasteiger partial charge in [-0.05, 0) is 0 Å². The van der Waals surface area contributed by atoms with Crippen molar-refractivity contribution in [2.45, 2.75) is 36.6 Å². The van der Waals surface area contributed by atoms with E-state index in [1.165, 1.54) is 15.8 Å². The third kappa shape index (κ3) is 19.7. The van der Waals surface area contributed by atoms with Crippen molar-refractivity contribution < 1.29 is 0 Å². The van der Waals surface area contributed by atoms with E-state index in [2.05, 4.69) is 20.8 Å². The minimum atomic E-state index is -0.171. The Morgan fingerprint density at radius 3 is 0.818 bits per heavy atom. The Kier molecular flexibility index (Phi) is 62.1. The van der Waals surface area contributed by atoms with E-state index in [1.807, 2.05) is 0 Å². The monoisotopic (exact) mass is 626 g/mol. The van der Waals surface area contributed by atoms with E-state index in [0.717, 1.165) is 0 Å². The molecular weight excluding hydrogens is 607 g/mol. The summed E-state index contributed by atoms with van der Waals surface area (Å²) in [5.74, 6) is 0. The predicted octanol–water partition coefficient (Wildman–Crippen LogP) is 5.01. The normalized spacial score (nSPS) is 5.73. The van der Waals surface area contributed by atoms with E-state index in [1.54, 1.807) is 0 Å². The fourth-order valence-electron chi connectivity index (χ4n) is 0.866. The second-order valence-corrected chi connectivity index (χ2v) is 6.27. The Morgan fingerprint density at radius 2 is 0.818 bits per heavy atom. The molecule has 0 heterocycles. The third-order valence-electron chi connectivity index (χ3n) is 1.73. The largest absolute Gasteiger partial charge is 0.261 e. The summed E-state index contributed by atoms with van der Waals surface area (Å²) < 4.78 is 0. The predicted molar refractivity (Wildman–Crippen MR) is 98.9 cm³/mol. The lowest BCUT2D eigenvalue weighted by Gasteiger charge is -1.97. The zero-order chi connectivity index (χ0) is 5.70. The number of hydrogen-bond acceptors (Lipinski definition) is 0. The van der Waals surface area contributed by atoms with Crippen molar-refractivity contribution >= 4 is 110 Å². The molecular formula is C6H19AlI4. The maximum Gasteiger partial charge on any atom is 0.261 e. The summed E-state index contributed by atoms with van der Waals surface area (Å²) in [5.41, 5.74) is 0. The highest BCUT2D eigenvalue weighted by Crippen LogP contribution is 2.01. The summed E-state index contributed by atoms with van der Waals surface area (Å²) in [4.78, 5) is 0. The number of halogens is 4. The topological polar surface area (TPSA) is 0 Å². The van der Waals surface area contributed by atoms with E-state index in [-0.39, 0.29) is 110 Å². The number of hydrogen-bond donors (Lipinski definition) is 0. The average Bonchev–Trinajstić information content (AvgIpc) is 1.72. The van der Waals surface area contributed by atoms with Gasteiger partial charge in [-0.3, -0.25) is 0 Å². The average molecular weight is 626 g/mol. The Labute approximate surface area is 144 Å². The van der Waals surface area contributed by atoms with Crippen molar-refractivity contribution in [2.75, 3.05) is 0 Å². The first-order valence-corrected chi connectivity index (χ1v) is 5.80. The fourth-order valence-corrected chi connectivity index (χ4v) is 2.60. The van der Waals surface area contributed by atoms with Crippen LogP contribution in [0.1, 0.15) is 20.8 Å². The molecule has 0 aliphatic heterocycles. The van der Waals surface area contributed by atoms with Crippen molar-refractivity contribution in [3.05, 3.63) is 0 Å². The van der Waals surface area contributed by atoms with Crippen molar-refractivity contribution in [1.29, 1.82) is 0 Å². The molecule has 0 aliphatic rings. The lowest BCUT2D eigenvalue weighted by atomic mass is 10.9. The van der Waals surface area contributed by atoms with Gasteiger partial charge in [0, 0.05) is 0 Å². The van der Waals surface area contributed by atoms with E-state index in [4.69, 9.17) is 0 Å². The summed E-state index contributed by atoms with van der Waals surface area (Å²) in [7, 11) is 0. The minimum Gasteiger partial charge on any atom is -0.107 e. The molecule has 0 radical (unpaired) electrons. The van der Waals surface area contributed by atoms with Crippen LogP contribution in [0.2, 0.25) is 15.8 Å². The van der Waals surface area contributed by atoms with Gasteiger partial charge in [-0.15, -0.1) is 95.9 Å². The van der Waals surface area contributed by atoms with Crippen LogP contribution in [0.5, 0.6) is 0 Å². The van der Waals surface area contributed by atoms with Crippen molar-refractivity contribution in [2.24, 2.45) is 0 Å². The third-order valence-corrected chi connectivity index (χ3v) is 5.20. The lowest BCUT2D eigenvalue weighted by molar-refractivity contribution is 1.24. The van der Waals surface area contributed by atoms with E-state index in [0.29, 0.717) is 0 Å². The SMILES string of the molecule is C[CH2][Al]([CH2]C)[CH2]C.I.I.I.I. The first-order chi connectivity index (χ1) is 3.35.